The van der Waals surface area contributed by atoms with E-state index in [0.29, 0.717) is 17.3 Å². The maximum atomic E-state index is 13.0. The van der Waals surface area contributed by atoms with Gasteiger partial charge < -0.3 is 20.4 Å². The first kappa shape index (κ1) is 21.3. The maximum absolute atomic E-state index is 13.0. The van der Waals surface area contributed by atoms with Gasteiger partial charge >= 0.3 is 6.03 Å². The number of carbonyl (C=O) groups excluding carboxylic acids is 2. The van der Waals surface area contributed by atoms with E-state index in [1.54, 1.807) is 26.2 Å². The lowest BCUT2D eigenvalue weighted by Crippen LogP contribution is -2.46. The van der Waals surface area contributed by atoms with E-state index >= 15 is 0 Å². The highest BCUT2D eigenvalue weighted by Crippen LogP contribution is 2.18. The van der Waals surface area contributed by atoms with Crippen molar-refractivity contribution in [3.05, 3.63) is 29.8 Å². The first-order chi connectivity index (χ1) is 11.5. The van der Waals surface area contributed by atoms with Crippen LogP contribution in [-0.2, 0) is 0 Å². The van der Waals surface area contributed by atoms with Crippen LogP contribution < -0.4 is 10.6 Å². The number of benzene rings is 1. The predicted octanol–water partition coefficient (Wildman–Crippen LogP) is 2.81. The van der Waals surface area contributed by atoms with Crippen molar-refractivity contribution in [1.29, 1.82) is 0 Å². The van der Waals surface area contributed by atoms with Crippen molar-refractivity contribution < 1.29 is 9.59 Å². The van der Waals surface area contributed by atoms with Crippen molar-refractivity contribution in [3.63, 3.8) is 0 Å². The number of amides is 3. The molecule has 1 saturated heterocycles. The first-order valence-electron chi connectivity index (χ1n) is 8.63. The number of anilines is 1. The van der Waals surface area contributed by atoms with Crippen LogP contribution in [0.25, 0.3) is 0 Å². The molecule has 0 aliphatic carbocycles. The first-order valence-corrected chi connectivity index (χ1v) is 8.63. The highest BCUT2D eigenvalue weighted by Gasteiger charge is 2.25. The summed E-state index contributed by atoms with van der Waals surface area (Å²) in [6, 6.07) is 7.27. The predicted molar refractivity (Wildman–Crippen MR) is 104 cm³/mol. The van der Waals surface area contributed by atoms with Crippen LogP contribution in [0.5, 0.6) is 0 Å². The number of hydrogen-bond acceptors (Lipinski definition) is 3. The Morgan fingerprint density at radius 2 is 1.92 bits per heavy atom. The fourth-order valence-electron chi connectivity index (χ4n) is 2.94. The molecule has 1 aromatic carbocycles. The SMILES string of the molecule is CCCN(C(=O)c1cccc(NC(=O)N(C)C)c1)C1CCNCC1.Cl. The van der Waals surface area contributed by atoms with Gasteiger partial charge in [0.25, 0.3) is 5.91 Å². The van der Waals surface area contributed by atoms with Crippen LogP contribution in [0.1, 0.15) is 36.5 Å². The average molecular weight is 369 g/mol. The Balaban J connectivity index is 0.00000312. The molecular weight excluding hydrogens is 340 g/mol. The summed E-state index contributed by atoms with van der Waals surface area (Å²) in [5, 5.41) is 6.13. The smallest absolute Gasteiger partial charge is 0.321 e. The van der Waals surface area contributed by atoms with Gasteiger partial charge in [0, 0.05) is 37.9 Å². The molecule has 0 atom stereocenters. The van der Waals surface area contributed by atoms with Gasteiger partial charge in [0.05, 0.1) is 0 Å². The second-order valence-electron chi connectivity index (χ2n) is 6.39. The highest BCUT2D eigenvalue weighted by molar-refractivity contribution is 5.97. The normalized spacial score (nSPS) is 14.4. The standard InChI is InChI=1S/C18H28N4O2.ClH/c1-4-12-22(16-8-10-19-11-9-16)17(23)14-6-5-7-15(13-14)20-18(24)21(2)3;/h5-7,13,16,19H,4,8-12H2,1-3H3,(H,20,24);1H. The molecule has 1 fully saturated rings. The molecule has 1 heterocycles. The van der Waals surface area contributed by atoms with Crippen molar-refractivity contribution in [3.8, 4) is 0 Å². The van der Waals surface area contributed by atoms with Crippen LogP contribution in [0, 0.1) is 0 Å². The van der Waals surface area contributed by atoms with Crippen molar-refractivity contribution >= 4 is 30.0 Å². The molecule has 2 rings (SSSR count). The Bertz CT molecular complexity index is 574. The number of halogens is 1. The molecule has 0 bridgehead atoms. The number of carbonyl (C=O) groups is 2. The molecule has 1 aliphatic heterocycles. The van der Waals surface area contributed by atoms with Gasteiger partial charge in [-0.3, -0.25) is 4.79 Å². The van der Waals surface area contributed by atoms with Crippen LogP contribution in [0.15, 0.2) is 24.3 Å². The van der Waals surface area contributed by atoms with Gasteiger partial charge in [0.1, 0.15) is 0 Å². The Morgan fingerprint density at radius 3 is 2.52 bits per heavy atom. The summed E-state index contributed by atoms with van der Waals surface area (Å²) in [4.78, 5) is 28.2. The molecule has 0 radical (unpaired) electrons. The third-order valence-electron chi connectivity index (χ3n) is 4.24. The second kappa shape index (κ2) is 10.3. The molecule has 3 amide bonds. The Morgan fingerprint density at radius 1 is 1.24 bits per heavy atom. The molecule has 25 heavy (non-hydrogen) atoms. The van der Waals surface area contributed by atoms with Gasteiger partial charge in [0.15, 0.2) is 0 Å². The fourth-order valence-corrected chi connectivity index (χ4v) is 2.94. The Hall–Kier alpha value is -1.79. The molecule has 1 aromatic rings. The number of rotatable bonds is 5. The third-order valence-corrected chi connectivity index (χ3v) is 4.24. The van der Waals surface area contributed by atoms with Crippen molar-refractivity contribution in [1.82, 2.24) is 15.1 Å². The van der Waals surface area contributed by atoms with Crippen LogP contribution in [-0.4, -0.2) is 61.5 Å². The van der Waals surface area contributed by atoms with Gasteiger partial charge in [-0.15, -0.1) is 12.4 Å². The molecule has 1 aliphatic rings. The minimum Gasteiger partial charge on any atom is -0.336 e. The van der Waals surface area contributed by atoms with E-state index in [0.717, 1.165) is 38.9 Å². The van der Waals surface area contributed by atoms with Crippen molar-refractivity contribution in [2.75, 3.05) is 39.0 Å². The highest BCUT2D eigenvalue weighted by atomic mass is 35.5. The Kier molecular flexibility index (Phi) is 8.72. The molecule has 2 N–H and O–H groups in total. The molecule has 140 valence electrons. The second-order valence-corrected chi connectivity index (χ2v) is 6.39. The summed E-state index contributed by atoms with van der Waals surface area (Å²) >= 11 is 0. The number of nitrogens with one attached hydrogen (secondary N) is 2. The number of urea groups is 1. The number of hydrogen-bond donors (Lipinski definition) is 2. The summed E-state index contributed by atoms with van der Waals surface area (Å²) in [5.41, 5.74) is 1.26. The van der Waals surface area contributed by atoms with E-state index in [1.165, 1.54) is 4.90 Å². The van der Waals surface area contributed by atoms with Crippen LogP contribution in [0.3, 0.4) is 0 Å². The zero-order chi connectivity index (χ0) is 17.5. The lowest BCUT2D eigenvalue weighted by atomic mass is 10.0. The summed E-state index contributed by atoms with van der Waals surface area (Å²) < 4.78 is 0. The van der Waals surface area contributed by atoms with Crippen LogP contribution in [0.4, 0.5) is 10.5 Å². The molecule has 0 saturated carbocycles. The molecule has 6 nitrogen and oxygen atoms in total. The molecule has 0 spiro atoms. The lowest BCUT2D eigenvalue weighted by molar-refractivity contribution is 0.0642. The quantitative estimate of drug-likeness (QED) is 0.839. The Labute approximate surface area is 156 Å². The zero-order valence-corrected chi connectivity index (χ0v) is 16.1. The summed E-state index contributed by atoms with van der Waals surface area (Å²) in [6.45, 7) is 4.76. The lowest BCUT2D eigenvalue weighted by Gasteiger charge is -2.34. The number of nitrogens with zero attached hydrogens (tertiary/aromatic N) is 2. The minimum absolute atomic E-state index is 0. The molecule has 0 aromatic heterocycles. The monoisotopic (exact) mass is 368 g/mol. The van der Waals surface area contributed by atoms with E-state index in [2.05, 4.69) is 17.6 Å². The van der Waals surface area contributed by atoms with Gasteiger partial charge in [-0.25, -0.2) is 4.79 Å². The van der Waals surface area contributed by atoms with Gasteiger partial charge in [0.2, 0.25) is 0 Å². The summed E-state index contributed by atoms with van der Waals surface area (Å²) in [7, 11) is 3.37. The van der Waals surface area contributed by atoms with Crippen molar-refractivity contribution in [2.24, 2.45) is 0 Å². The van der Waals surface area contributed by atoms with Crippen LogP contribution in [0.2, 0.25) is 0 Å². The van der Waals surface area contributed by atoms with E-state index < -0.39 is 0 Å². The van der Waals surface area contributed by atoms with Crippen LogP contribution >= 0.6 is 12.4 Å². The maximum Gasteiger partial charge on any atom is 0.321 e. The molecule has 0 unspecified atom stereocenters. The molecule has 7 heteroatoms. The van der Waals surface area contributed by atoms with Crippen molar-refractivity contribution in [2.45, 2.75) is 32.2 Å². The largest absolute Gasteiger partial charge is 0.336 e. The van der Waals surface area contributed by atoms with E-state index in [-0.39, 0.29) is 24.3 Å². The van der Waals surface area contributed by atoms with Gasteiger partial charge in [-0.1, -0.05) is 13.0 Å². The summed E-state index contributed by atoms with van der Waals surface area (Å²) in [5.74, 6) is 0.0460. The van der Waals surface area contributed by atoms with E-state index in [1.807, 2.05) is 17.0 Å². The fraction of sp³-hybridized carbons (Fsp3) is 0.556. The topological polar surface area (TPSA) is 64.7 Å². The average Bonchev–Trinajstić information content (AvgIpc) is 2.60. The third kappa shape index (κ3) is 5.90. The number of piperidine rings is 1. The van der Waals surface area contributed by atoms with E-state index in [4.69, 9.17) is 0 Å². The van der Waals surface area contributed by atoms with Gasteiger partial charge in [-0.05, 0) is 50.6 Å². The van der Waals surface area contributed by atoms with Gasteiger partial charge in [-0.2, -0.15) is 0 Å². The minimum atomic E-state index is -0.205. The molecular formula is C18H29ClN4O2. The zero-order valence-electron chi connectivity index (χ0n) is 15.2. The van der Waals surface area contributed by atoms with E-state index in [9.17, 15) is 9.59 Å². The summed E-state index contributed by atoms with van der Waals surface area (Å²) in [6.07, 6.45) is 2.91.